The lowest BCUT2D eigenvalue weighted by Gasteiger charge is -2.05. The number of hydrogen-bond donors (Lipinski definition) is 3. The Bertz CT molecular complexity index is 430. The summed E-state index contributed by atoms with van der Waals surface area (Å²) in [6.07, 6.45) is 0. The molecule has 0 saturated carbocycles. The second kappa shape index (κ2) is 5.74. The van der Waals surface area contributed by atoms with Crippen molar-refractivity contribution in [1.29, 1.82) is 0 Å². The molecule has 0 aromatic heterocycles. The van der Waals surface area contributed by atoms with Crippen molar-refractivity contribution in [1.82, 2.24) is 5.32 Å². The Morgan fingerprint density at radius 2 is 2.00 bits per heavy atom. The van der Waals surface area contributed by atoms with E-state index in [9.17, 15) is 14.7 Å². The number of ether oxygens (including phenoxy) is 1. The van der Waals surface area contributed by atoms with Crippen LogP contribution in [0.5, 0.6) is 11.5 Å². The van der Waals surface area contributed by atoms with Crippen LogP contribution in [-0.4, -0.2) is 35.2 Å². The predicted molar refractivity (Wildman–Crippen MR) is 58.7 cm³/mol. The highest BCUT2D eigenvalue weighted by atomic mass is 16.5. The fourth-order valence-corrected chi connectivity index (χ4v) is 1.13. The molecule has 1 aromatic rings. The molecule has 6 nitrogen and oxygen atoms in total. The molecule has 1 rings (SSSR count). The smallest absolute Gasteiger partial charge is 0.325 e. The largest absolute Gasteiger partial charge is 0.504 e. The minimum atomic E-state index is -0.538. The molecular weight excluding hydrogens is 226 g/mol. The number of rotatable bonds is 4. The lowest BCUT2D eigenvalue weighted by atomic mass is 10.2. The van der Waals surface area contributed by atoms with Gasteiger partial charge in [-0.1, -0.05) is 0 Å². The predicted octanol–water partition coefficient (Wildman–Crippen LogP) is 0.391. The highest BCUT2D eigenvalue weighted by molar-refractivity contribution is 5.96. The van der Waals surface area contributed by atoms with E-state index in [-0.39, 0.29) is 24.5 Å². The minimum Gasteiger partial charge on any atom is -0.504 e. The van der Waals surface area contributed by atoms with Crippen molar-refractivity contribution in [3.8, 4) is 11.5 Å². The van der Waals surface area contributed by atoms with Crippen molar-refractivity contribution in [2.45, 2.75) is 6.92 Å². The quantitative estimate of drug-likeness (QED) is 0.521. The Labute approximate surface area is 97.8 Å². The topological polar surface area (TPSA) is 95.9 Å². The standard InChI is InChI=1S/C11H13NO5/c1-2-17-10(15)6-12-11(16)7-3-4-8(13)9(14)5-7/h3-5,13-14H,2,6H2,1H3,(H,12,16). The molecule has 0 heterocycles. The summed E-state index contributed by atoms with van der Waals surface area (Å²) >= 11 is 0. The number of carbonyl (C=O) groups excluding carboxylic acids is 2. The van der Waals surface area contributed by atoms with Gasteiger partial charge >= 0.3 is 5.97 Å². The van der Waals surface area contributed by atoms with Gasteiger partial charge in [-0.25, -0.2) is 0 Å². The van der Waals surface area contributed by atoms with E-state index in [4.69, 9.17) is 5.11 Å². The van der Waals surface area contributed by atoms with E-state index in [1.54, 1.807) is 6.92 Å². The lowest BCUT2D eigenvalue weighted by Crippen LogP contribution is -2.30. The molecule has 0 aliphatic carbocycles. The van der Waals surface area contributed by atoms with Gasteiger partial charge in [-0.15, -0.1) is 0 Å². The van der Waals surface area contributed by atoms with E-state index in [1.165, 1.54) is 12.1 Å². The summed E-state index contributed by atoms with van der Waals surface area (Å²) in [4.78, 5) is 22.5. The molecule has 0 bridgehead atoms. The van der Waals surface area contributed by atoms with Gasteiger partial charge in [0.1, 0.15) is 6.54 Å². The zero-order valence-corrected chi connectivity index (χ0v) is 9.27. The van der Waals surface area contributed by atoms with E-state index in [2.05, 4.69) is 10.1 Å². The van der Waals surface area contributed by atoms with Crippen LogP contribution in [0.4, 0.5) is 0 Å². The normalized spacial score (nSPS) is 9.71. The molecule has 0 aliphatic rings. The van der Waals surface area contributed by atoms with Crippen molar-refractivity contribution in [2.75, 3.05) is 13.2 Å². The Morgan fingerprint density at radius 1 is 1.29 bits per heavy atom. The molecule has 0 radical (unpaired) electrons. The van der Waals surface area contributed by atoms with Crippen LogP contribution in [0.1, 0.15) is 17.3 Å². The molecule has 1 aromatic carbocycles. The van der Waals surface area contributed by atoms with Gasteiger partial charge in [-0.2, -0.15) is 0 Å². The Kier molecular flexibility index (Phi) is 4.33. The third kappa shape index (κ3) is 3.67. The van der Waals surface area contributed by atoms with E-state index in [1.807, 2.05) is 0 Å². The maximum absolute atomic E-state index is 11.5. The molecule has 0 unspecified atom stereocenters. The van der Waals surface area contributed by atoms with Gasteiger partial charge in [-0.05, 0) is 25.1 Å². The van der Waals surface area contributed by atoms with Gasteiger partial charge in [0, 0.05) is 5.56 Å². The number of phenolic OH excluding ortho intramolecular Hbond substituents is 2. The molecule has 0 atom stereocenters. The zero-order chi connectivity index (χ0) is 12.8. The fraction of sp³-hybridized carbons (Fsp3) is 0.273. The molecule has 0 saturated heterocycles. The lowest BCUT2D eigenvalue weighted by molar-refractivity contribution is -0.141. The molecular formula is C11H13NO5. The first-order valence-corrected chi connectivity index (χ1v) is 5.00. The first-order valence-electron chi connectivity index (χ1n) is 5.00. The average molecular weight is 239 g/mol. The van der Waals surface area contributed by atoms with Crippen LogP contribution in [0, 0.1) is 0 Å². The molecule has 92 valence electrons. The van der Waals surface area contributed by atoms with Gasteiger partial charge in [-0.3, -0.25) is 9.59 Å². The van der Waals surface area contributed by atoms with Crippen molar-refractivity contribution >= 4 is 11.9 Å². The number of amides is 1. The summed E-state index contributed by atoms with van der Waals surface area (Å²) in [6, 6.07) is 3.62. The molecule has 17 heavy (non-hydrogen) atoms. The first-order chi connectivity index (χ1) is 8.04. The SMILES string of the molecule is CCOC(=O)CNC(=O)c1ccc(O)c(O)c1. The first kappa shape index (κ1) is 12.8. The van der Waals surface area contributed by atoms with Crippen LogP contribution < -0.4 is 5.32 Å². The summed E-state index contributed by atoms with van der Waals surface area (Å²) in [7, 11) is 0. The molecule has 0 fully saturated rings. The van der Waals surface area contributed by atoms with E-state index in [0.29, 0.717) is 0 Å². The van der Waals surface area contributed by atoms with Crippen molar-refractivity contribution in [2.24, 2.45) is 0 Å². The monoisotopic (exact) mass is 239 g/mol. The van der Waals surface area contributed by atoms with Crippen molar-refractivity contribution in [3.63, 3.8) is 0 Å². The number of aromatic hydroxyl groups is 2. The molecule has 0 spiro atoms. The highest BCUT2D eigenvalue weighted by Gasteiger charge is 2.10. The maximum atomic E-state index is 11.5. The van der Waals surface area contributed by atoms with Gasteiger partial charge in [0.25, 0.3) is 5.91 Å². The summed E-state index contributed by atoms with van der Waals surface area (Å²) < 4.78 is 4.63. The van der Waals surface area contributed by atoms with Gasteiger partial charge in [0.15, 0.2) is 11.5 Å². The minimum absolute atomic E-state index is 0.143. The number of hydrogen-bond acceptors (Lipinski definition) is 5. The van der Waals surface area contributed by atoms with Gasteiger partial charge in [0.2, 0.25) is 0 Å². The number of esters is 1. The average Bonchev–Trinajstić information content (AvgIpc) is 2.30. The van der Waals surface area contributed by atoms with Crippen LogP contribution in [0.15, 0.2) is 18.2 Å². The summed E-state index contributed by atoms with van der Waals surface area (Å²) in [6.45, 7) is 1.67. The second-order valence-electron chi connectivity index (χ2n) is 3.19. The number of nitrogens with one attached hydrogen (secondary N) is 1. The molecule has 3 N–H and O–H groups in total. The van der Waals surface area contributed by atoms with Gasteiger partial charge in [0.05, 0.1) is 6.61 Å². The molecule has 6 heteroatoms. The summed E-state index contributed by atoms with van der Waals surface area (Å²) in [5.41, 5.74) is 0.143. The highest BCUT2D eigenvalue weighted by Crippen LogP contribution is 2.24. The van der Waals surface area contributed by atoms with Crippen LogP contribution in [0.25, 0.3) is 0 Å². The number of carbonyl (C=O) groups is 2. The fourth-order valence-electron chi connectivity index (χ4n) is 1.13. The van der Waals surface area contributed by atoms with Crippen LogP contribution in [0.3, 0.4) is 0 Å². The molecule has 1 amide bonds. The van der Waals surface area contributed by atoms with E-state index >= 15 is 0 Å². The summed E-state index contributed by atoms with van der Waals surface area (Å²) in [5, 5.41) is 20.6. The zero-order valence-electron chi connectivity index (χ0n) is 9.27. The Morgan fingerprint density at radius 3 is 2.59 bits per heavy atom. The van der Waals surface area contributed by atoms with Crippen LogP contribution in [-0.2, 0) is 9.53 Å². The second-order valence-corrected chi connectivity index (χ2v) is 3.19. The number of benzene rings is 1. The van der Waals surface area contributed by atoms with Crippen LogP contribution >= 0.6 is 0 Å². The molecule has 0 aliphatic heterocycles. The van der Waals surface area contributed by atoms with Crippen LogP contribution in [0.2, 0.25) is 0 Å². The third-order valence-corrected chi connectivity index (χ3v) is 1.94. The van der Waals surface area contributed by atoms with Crippen molar-refractivity contribution in [3.05, 3.63) is 23.8 Å². The van der Waals surface area contributed by atoms with Crippen molar-refractivity contribution < 1.29 is 24.5 Å². The maximum Gasteiger partial charge on any atom is 0.325 e. The summed E-state index contributed by atoms with van der Waals surface area (Å²) in [5.74, 6) is -1.78. The van der Waals surface area contributed by atoms with Gasteiger partial charge < -0.3 is 20.3 Å². The third-order valence-electron chi connectivity index (χ3n) is 1.94. The number of phenols is 2. The van der Waals surface area contributed by atoms with E-state index < -0.39 is 17.6 Å². The van der Waals surface area contributed by atoms with E-state index in [0.717, 1.165) is 6.07 Å². The Balaban J connectivity index is 2.58. The Hall–Kier alpha value is -2.24.